The van der Waals surface area contributed by atoms with Crippen molar-refractivity contribution < 1.29 is 13.9 Å². The van der Waals surface area contributed by atoms with Crippen molar-refractivity contribution >= 4 is 5.91 Å². The molecule has 5 heteroatoms. The maximum Gasteiger partial charge on any atom is 0.251 e. The first-order valence-corrected chi connectivity index (χ1v) is 10.6. The van der Waals surface area contributed by atoms with Crippen LogP contribution in [0.25, 0.3) is 0 Å². The molecule has 29 heavy (non-hydrogen) atoms. The molecule has 0 spiro atoms. The molecule has 154 valence electrons. The summed E-state index contributed by atoms with van der Waals surface area (Å²) in [4.78, 5) is 15.0. The van der Waals surface area contributed by atoms with Crippen LogP contribution in [0.15, 0.2) is 36.4 Å². The highest BCUT2D eigenvalue weighted by Gasteiger charge is 2.22. The van der Waals surface area contributed by atoms with E-state index in [0.717, 1.165) is 49.9 Å². The molecule has 2 aromatic carbocycles. The average molecular weight is 397 g/mol. The number of fused-ring (bicyclic) bond motifs is 1. The monoisotopic (exact) mass is 396 g/mol. The topological polar surface area (TPSA) is 41.6 Å². The van der Waals surface area contributed by atoms with Crippen molar-refractivity contribution in [1.29, 1.82) is 0 Å². The van der Waals surface area contributed by atoms with Crippen molar-refractivity contribution in [3.05, 3.63) is 64.5 Å². The first-order valence-electron chi connectivity index (χ1n) is 10.6. The quantitative estimate of drug-likeness (QED) is 0.827. The summed E-state index contributed by atoms with van der Waals surface area (Å²) >= 11 is 0. The fourth-order valence-corrected chi connectivity index (χ4v) is 4.45. The predicted molar refractivity (Wildman–Crippen MR) is 112 cm³/mol. The third-order valence-corrected chi connectivity index (χ3v) is 6.16. The summed E-state index contributed by atoms with van der Waals surface area (Å²) in [5.74, 6) is -0.0106. The van der Waals surface area contributed by atoms with Crippen LogP contribution in [0.3, 0.4) is 0 Å². The van der Waals surface area contributed by atoms with Crippen LogP contribution in [-0.4, -0.2) is 37.0 Å². The Morgan fingerprint density at radius 3 is 2.59 bits per heavy atom. The van der Waals surface area contributed by atoms with E-state index in [-0.39, 0.29) is 23.5 Å². The Labute approximate surface area is 172 Å². The van der Waals surface area contributed by atoms with Gasteiger partial charge in [0.1, 0.15) is 0 Å². The lowest BCUT2D eigenvalue weighted by molar-refractivity contribution is 0.0908. The van der Waals surface area contributed by atoms with Crippen LogP contribution in [0.1, 0.15) is 52.7 Å². The molecule has 0 saturated carbocycles. The second-order valence-corrected chi connectivity index (χ2v) is 8.18. The summed E-state index contributed by atoms with van der Waals surface area (Å²) in [6.07, 6.45) is 6.51. The number of hydrogen-bond acceptors (Lipinski definition) is 3. The Bertz CT molecular complexity index is 875. The second-order valence-electron chi connectivity index (χ2n) is 8.18. The lowest BCUT2D eigenvalue weighted by Crippen LogP contribution is -2.44. The Balaban J connectivity index is 1.28. The molecule has 1 heterocycles. The number of nitrogens with one attached hydrogen (secondary N) is 1. The standard InChI is InChI=1S/C24H29FN2O2/c1-29-23-9-6-17(14-22(23)25)16-27-12-10-21(11-13-27)26-24(28)20-8-7-18-4-2-3-5-19(18)15-20/h6-9,14-15,21H,2-5,10-13,16H2,1H3,(H,26,28). The first kappa shape index (κ1) is 19.9. The normalized spacial score (nSPS) is 17.6. The smallest absolute Gasteiger partial charge is 0.251 e. The van der Waals surface area contributed by atoms with E-state index in [2.05, 4.69) is 22.3 Å². The molecule has 1 aliphatic heterocycles. The number of carbonyl (C=O) groups is 1. The van der Waals surface area contributed by atoms with E-state index in [1.165, 1.54) is 31.1 Å². The highest BCUT2D eigenvalue weighted by molar-refractivity contribution is 5.94. The number of aryl methyl sites for hydroxylation is 2. The van der Waals surface area contributed by atoms with Crippen molar-refractivity contribution in [3.8, 4) is 5.75 Å². The number of halogens is 1. The molecular weight excluding hydrogens is 367 g/mol. The van der Waals surface area contributed by atoms with Crippen molar-refractivity contribution in [2.45, 2.75) is 51.1 Å². The van der Waals surface area contributed by atoms with Gasteiger partial charge < -0.3 is 10.1 Å². The van der Waals surface area contributed by atoms with Crippen LogP contribution >= 0.6 is 0 Å². The van der Waals surface area contributed by atoms with Crippen molar-refractivity contribution in [2.24, 2.45) is 0 Å². The summed E-state index contributed by atoms with van der Waals surface area (Å²) in [5.41, 5.74) is 4.46. The molecule has 4 nitrogen and oxygen atoms in total. The van der Waals surface area contributed by atoms with Crippen molar-refractivity contribution in [3.63, 3.8) is 0 Å². The lowest BCUT2D eigenvalue weighted by atomic mass is 9.90. The van der Waals surface area contributed by atoms with Crippen LogP contribution in [-0.2, 0) is 19.4 Å². The number of nitrogens with zero attached hydrogens (tertiary/aromatic N) is 1. The number of carbonyl (C=O) groups excluding carboxylic acids is 1. The summed E-state index contributed by atoms with van der Waals surface area (Å²) < 4.78 is 18.9. The summed E-state index contributed by atoms with van der Waals surface area (Å²) in [6.45, 7) is 2.50. The van der Waals surface area contributed by atoms with Gasteiger partial charge in [-0.2, -0.15) is 0 Å². The number of hydrogen-bond donors (Lipinski definition) is 1. The first-order chi connectivity index (χ1) is 14.1. The molecule has 4 rings (SSSR count). The van der Waals surface area contributed by atoms with Gasteiger partial charge in [0, 0.05) is 31.2 Å². The highest BCUT2D eigenvalue weighted by Crippen LogP contribution is 2.23. The molecule has 0 aromatic heterocycles. The van der Waals surface area contributed by atoms with Gasteiger partial charge in [0.2, 0.25) is 0 Å². The average Bonchev–Trinajstić information content (AvgIpc) is 2.75. The van der Waals surface area contributed by atoms with E-state index in [4.69, 9.17) is 4.74 Å². The highest BCUT2D eigenvalue weighted by atomic mass is 19.1. The maximum absolute atomic E-state index is 13.9. The third kappa shape index (κ3) is 4.78. The molecule has 0 radical (unpaired) electrons. The Morgan fingerprint density at radius 2 is 1.86 bits per heavy atom. The molecule has 2 aliphatic rings. The van der Waals surface area contributed by atoms with E-state index in [9.17, 15) is 9.18 Å². The van der Waals surface area contributed by atoms with Gasteiger partial charge in [0.25, 0.3) is 5.91 Å². The number of rotatable bonds is 5. The summed E-state index contributed by atoms with van der Waals surface area (Å²) in [7, 11) is 1.47. The van der Waals surface area contributed by atoms with E-state index in [0.29, 0.717) is 6.54 Å². The number of ether oxygens (including phenoxy) is 1. The van der Waals surface area contributed by atoms with Crippen LogP contribution in [0.4, 0.5) is 4.39 Å². The van der Waals surface area contributed by atoms with Gasteiger partial charge in [-0.1, -0.05) is 12.1 Å². The zero-order valence-corrected chi connectivity index (χ0v) is 17.0. The fourth-order valence-electron chi connectivity index (χ4n) is 4.45. The lowest BCUT2D eigenvalue weighted by Gasteiger charge is -2.32. The fraction of sp³-hybridized carbons (Fsp3) is 0.458. The largest absolute Gasteiger partial charge is 0.494 e. The minimum Gasteiger partial charge on any atom is -0.494 e. The van der Waals surface area contributed by atoms with Gasteiger partial charge in [-0.15, -0.1) is 0 Å². The Morgan fingerprint density at radius 1 is 1.10 bits per heavy atom. The van der Waals surface area contributed by atoms with E-state index in [1.54, 1.807) is 12.1 Å². The number of likely N-dealkylation sites (tertiary alicyclic amines) is 1. The predicted octanol–water partition coefficient (Wildman–Crippen LogP) is 4.11. The number of methoxy groups -OCH3 is 1. The Kier molecular flexibility index (Phi) is 6.14. The molecule has 0 unspecified atom stereocenters. The van der Waals surface area contributed by atoms with Crippen molar-refractivity contribution in [2.75, 3.05) is 20.2 Å². The molecule has 1 aliphatic carbocycles. The molecule has 0 bridgehead atoms. The van der Waals surface area contributed by atoms with Gasteiger partial charge in [0.05, 0.1) is 7.11 Å². The van der Waals surface area contributed by atoms with Crippen LogP contribution in [0, 0.1) is 5.82 Å². The van der Waals surface area contributed by atoms with Crippen LogP contribution in [0.5, 0.6) is 5.75 Å². The van der Waals surface area contributed by atoms with Gasteiger partial charge in [-0.05, 0) is 79.5 Å². The molecule has 2 aromatic rings. The van der Waals surface area contributed by atoms with Crippen LogP contribution < -0.4 is 10.1 Å². The zero-order valence-electron chi connectivity index (χ0n) is 17.0. The minimum absolute atomic E-state index is 0.0362. The van der Waals surface area contributed by atoms with Crippen LogP contribution in [0.2, 0.25) is 0 Å². The van der Waals surface area contributed by atoms with Gasteiger partial charge in [-0.3, -0.25) is 9.69 Å². The molecular formula is C24H29FN2O2. The maximum atomic E-state index is 13.9. The third-order valence-electron chi connectivity index (χ3n) is 6.16. The van der Waals surface area contributed by atoms with E-state index in [1.807, 2.05) is 12.1 Å². The van der Waals surface area contributed by atoms with Crippen molar-refractivity contribution in [1.82, 2.24) is 10.2 Å². The summed E-state index contributed by atoms with van der Waals surface area (Å²) in [6, 6.07) is 11.5. The molecule has 1 amide bonds. The molecule has 1 N–H and O–H groups in total. The van der Waals surface area contributed by atoms with Gasteiger partial charge >= 0.3 is 0 Å². The van der Waals surface area contributed by atoms with E-state index >= 15 is 0 Å². The van der Waals surface area contributed by atoms with E-state index < -0.39 is 0 Å². The molecule has 1 fully saturated rings. The number of piperidine rings is 1. The minimum atomic E-state index is -0.322. The van der Waals surface area contributed by atoms with Gasteiger partial charge in [-0.25, -0.2) is 4.39 Å². The summed E-state index contributed by atoms with van der Waals surface area (Å²) in [5, 5.41) is 3.21. The van der Waals surface area contributed by atoms with Gasteiger partial charge in [0.15, 0.2) is 11.6 Å². The number of amides is 1. The second kappa shape index (κ2) is 8.95. The SMILES string of the molecule is COc1ccc(CN2CCC(NC(=O)c3ccc4c(c3)CCCC4)CC2)cc1F. The molecule has 0 atom stereocenters. The number of benzene rings is 2. The Hall–Kier alpha value is -2.40. The molecule has 1 saturated heterocycles. The zero-order chi connectivity index (χ0) is 20.2.